The lowest BCUT2D eigenvalue weighted by molar-refractivity contribution is -0.136. The highest BCUT2D eigenvalue weighted by atomic mass is 16.5. The summed E-state index contributed by atoms with van der Waals surface area (Å²) in [6.45, 7) is 0.0495. The SMILES string of the molecule is COCC(=O)N(CCC(=O)O)c1ccc(N(C)C)cc1. The van der Waals surface area contributed by atoms with E-state index in [4.69, 9.17) is 9.84 Å². The van der Waals surface area contributed by atoms with E-state index >= 15 is 0 Å². The maximum Gasteiger partial charge on any atom is 0.305 e. The molecular weight excluding hydrogens is 260 g/mol. The van der Waals surface area contributed by atoms with Gasteiger partial charge in [0.05, 0.1) is 6.42 Å². The summed E-state index contributed by atoms with van der Waals surface area (Å²) in [6, 6.07) is 7.35. The summed E-state index contributed by atoms with van der Waals surface area (Å²) in [5.41, 5.74) is 1.67. The summed E-state index contributed by atoms with van der Waals surface area (Å²) < 4.78 is 4.83. The van der Waals surface area contributed by atoms with Crippen LogP contribution < -0.4 is 9.80 Å². The average molecular weight is 280 g/mol. The standard InChI is InChI=1S/C14H20N2O4/c1-15(2)11-4-6-12(7-5-11)16(9-8-14(18)19)13(17)10-20-3/h4-7H,8-10H2,1-3H3,(H,18,19). The number of rotatable bonds is 7. The van der Waals surface area contributed by atoms with Crippen molar-refractivity contribution in [2.45, 2.75) is 6.42 Å². The van der Waals surface area contributed by atoms with Crippen LogP contribution in [0.4, 0.5) is 11.4 Å². The van der Waals surface area contributed by atoms with E-state index in [0.29, 0.717) is 5.69 Å². The number of carbonyl (C=O) groups excluding carboxylic acids is 1. The minimum Gasteiger partial charge on any atom is -0.481 e. The van der Waals surface area contributed by atoms with Crippen LogP contribution in [0.1, 0.15) is 6.42 Å². The molecule has 0 fully saturated rings. The van der Waals surface area contributed by atoms with Gasteiger partial charge in [-0.15, -0.1) is 0 Å². The molecule has 0 atom stereocenters. The molecule has 0 radical (unpaired) electrons. The quantitative estimate of drug-likeness (QED) is 0.813. The van der Waals surface area contributed by atoms with E-state index in [0.717, 1.165) is 5.69 Å². The molecular formula is C14H20N2O4. The number of ether oxygens (including phenoxy) is 1. The van der Waals surface area contributed by atoms with Crippen molar-refractivity contribution >= 4 is 23.3 Å². The van der Waals surface area contributed by atoms with E-state index in [-0.39, 0.29) is 25.5 Å². The molecule has 0 saturated heterocycles. The molecule has 1 amide bonds. The van der Waals surface area contributed by atoms with Gasteiger partial charge in [-0.3, -0.25) is 9.59 Å². The number of methoxy groups -OCH3 is 1. The van der Waals surface area contributed by atoms with Gasteiger partial charge in [0.25, 0.3) is 5.91 Å². The number of hydrogen-bond acceptors (Lipinski definition) is 4. The predicted molar refractivity (Wildman–Crippen MR) is 77.3 cm³/mol. The molecule has 0 aromatic heterocycles. The number of carbonyl (C=O) groups is 2. The molecule has 0 heterocycles. The highest BCUT2D eigenvalue weighted by molar-refractivity contribution is 5.94. The van der Waals surface area contributed by atoms with Crippen LogP contribution in [0, 0.1) is 0 Å². The Morgan fingerprint density at radius 2 is 1.70 bits per heavy atom. The van der Waals surface area contributed by atoms with E-state index < -0.39 is 5.97 Å². The molecule has 0 aliphatic heterocycles. The van der Waals surface area contributed by atoms with Crippen LogP contribution in [0.3, 0.4) is 0 Å². The van der Waals surface area contributed by atoms with Gasteiger partial charge in [-0.2, -0.15) is 0 Å². The third kappa shape index (κ3) is 4.55. The zero-order valence-corrected chi connectivity index (χ0v) is 12.0. The van der Waals surface area contributed by atoms with Gasteiger partial charge in [0.15, 0.2) is 0 Å². The molecule has 0 aliphatic rings. The van der Waals surface area contributed by atoms with Crippen LogP contribution in [-0.4, -0.2) is 51.3 Å². The largest absolute Gasteiger partial charge is 0.481 e. The Morgan fingerprint density at radius 1 is 1.15 bits per heavy atom. The van der Waals surface area contributed by atoms with Crippen molar-refractivity contribution < 1.29 is 19.4 Å². The van der Waals surface area contributed by atoms with Crippen molar-refractivity contribution in [2.24, 2.45) is 0 Å². The summed E-state index contributed by atoms with van der Waals surface area (Å²) >= 11 is 0. The lowest BCUT2D eigenvalue weighted by Crippen LogP contribution is -2.35. The van der Waals surface area contributed by atoms with Gasteiger partial charge in [0.1, 0.15) is 6.61 Å². The molecule has 6 heteroatoms. The Morgan fingerprint density at radius 3 is 2.15 bits per heavy atom. The lowest BCUT2D eigenvalue weighted by atomic mass is 10.2. The highest BCUT2D eigenvalue weighted by Gasteiger charge is 2.16. The van der Waals surface area contributed by atoms with Gasteiger partial charge in [-0.05, 0) is 24.3 Å². The fraction of sp³-hybridized carbons (Fsp3) is 0.429. The number of hydrogen-bond donors (Lipinski definition) is 1. The van der Waals surface area contributed by atoms with Gasteiger partial charge in [0.2, 0.25) is 0 Å². The maximum atomic E-state index is 12.0. The third-order valence-corrected chi connectivity index (χ3v) is 2.80. The van der Waals surface area contributed by atoms with Crippen molar-refractivity contribution in [3.05, 3.63) is 24.3 Å². The molecule has 6 nitrogen and oxygen atoms in total. The summed E-state index contributed by atoms with van der Waals surface area (Å²) in [6.07, 6.45) is -0.106. The molecule has 0 aliphatic carbocycles. The molecule has 0 bridgehead atoms. The van der Waals surface area contributed by atoms with Crippen LogP contribution in [0.25, 0.3) is 0 Å². The number of carboxylic acids is 1. The molecule has 20 heavy (non-hydrogen) atoms. The Bertz CT molecular complexity index is 457. The molecule has 0 spiro atoms. The second-order valence-electron chi connectivity index (χ2n) is 4.53. The second kappa shape index (κ2) is 7.49. The van der Waals surface area contributed by atoms with Gasteiger partial charge in [0, 0.05) is 39.1 Å². The van der Waals surface area contributed by atoms with E-state index in [9.17, 15) is 9.59 Å². The molecule has 1 rings (SSSR count). The van der Waals surface area contributed by atoms with Crippen molar-refractivity contribution in [3.63, 3.8) is 0 Å². The number of anilines is 2. The molecule has 110 valence electrons. The highest BCUT2D eigenvalue weighted by Crippen LogP contribution is 2.20. The number of carboxylic acid groups (broad SMARTS) is 1. The van der Waals surface area contributed by atoms with Gasteiger partial charge in [-0.1, -0.05) is 0 Å². The Labute approximate surface area is 118 Å². The first-order valence-electron chi connectivity index (χ1n) is 6.24. The number of nitrogens with zero attached hydrogens (tertiary/aromatic N) is 2. The van der Waals surface area contributed by atoms with Crippen LogP contribution >= 0.6 is 0 Å². The number of amides is 1. The monoisotopic (exact) mass is 280 g/mol. The first-order chi connectivity index (χ1) is 9.45. The van der Waals surface area contributed by atoms with Crippen molar-refractivity contribution in [1.82, 2.24) is 0 Å². The second-order valence-corrected chi connectivity index (χ2v) is 4.53. The summed E-state index contributed by atoms with van der Waals surface area (Å²) in [5.74, 6) is -1.20. The summed E-state index contributed by atoms with van der Waals surface area (Å²) in [4.78, 5) is 26.0. The van der Waals surface area contributed by atoms with E-state index in [1.54, 1.807) is 12.1 Å². The molecule has 1 N–H and O–H groups in total. The minimum absolute atomic E-state index is 0.0744. The Kier molecular flexibility index (Phi) is 5.99. The Balaban J connectivity index is 2.90. The van der Waals surface area contributed by atoms with Crippen LogP contribution in [0.15, 0.2) is 24.3 Å². The van der Waals surface area contributed by atoms with Crippen LogP contribution in [0.2, 0.25) is 0 Å². The lowest BCUT2D eigenvalue weighted by Gasteiger charge is -2.23. The maximum absolute atomic E-state index is 12.0. The fourth-order valence-electron chi connectivity index (χ4n) is 1.74. The fourth-order valence-corrected chi connectivity index (χ4v) is 1.74. The number of benzene rings is 1. The molecule has 0 unspecified atom stereocenters. The zero-order chi connectivity index (χ0) is 15.1. The molecule has 1 aromatic rings. The summed E-state index contributed by atoms with van der Waals surface area (Å²) in [7, 11) is 5.28. The predicted octanol–water partition coefficient (Wildman–Crippen LogP) is 1.21. The first-order valence-corrected chi connectivity index (χ1v) is 6.24. The molecule has 1 aromatic carbocycles. The molecule has 0 saturated carbocycles. The van der Waals surface area contributed by atoms with Crippen molar-refractivity contribution in [1.29, 1.82) is 0 Å². The number of aliphatic carboxylic acids is 1. The Hall–Kier alpha value is -2.08. The van der Waals surface area contributed by atoms with Gasteiger partial charge < -0.3 is 19.6 Å². The summed E-state index contributed by atoms with van der Waals surface area (Å²) in [5, 5.41) is 8.76. The van der Waals surface area contributed by atoms with Gasteiger partial charge in [-0.25, -0.2) is 0 Å². The van der Waals surface area contributed by atoms with Crippen molar-refractivity contribution in [3.8, 4) is 0 Å². The van der Waals surface area contributed by atoms with Crippen LogP contribution in [-0.2, 0) is 14.3 Å². The first kappa shape index (κ1) is 16.0. The zero-order valence-electron chi connectivity index (χ0n) is 12.0. The third-order valence-electron chi connectivity index (χ3n) is 2.80. The van der Waals surface area contributed by atoms with E-state index in [1.807, 2.05) is 31.1 Å². The smallest absolute Gasteiger partial charge is 0.305 e. The topological polar surface area (TPSA) is 70.1 Å². The minimum atomic E-state index is -0.940. The van der Waals surface area contributed by atoms with E-state index in [2.05, 4.69) is 0 Å². The van der Waals surface area contributed by atoms with Gasteiger partial charge >= 0.3 is 5.97 Å². The average Bonchev–Trinajstić information content (AvgIpc) is 2.39. The normalized spacial score (nSPS) is 10.2. The van der Waals surface area contributed by atoms with Crippen LogP contribution in [0.5, 0.6) is 0 Å². The van der Waals surface area contributed by atoms with E-state index in [1.165, 1.54) is 12.0 Å². The van der Waals surface area contributed by atoms with Crippen molar-refractivity contribution in [2.75, 3.05) is 44.2 Å².